The molecule has 0 radical (unpaired) electrons. The molecule has 2 N–H and O–H groups in total. The zero-order valence-electron chi connectivity index (χ0n) is 16.0. The van der Waals surface area contributed by atoms with Crippen molar-refractivity contribution in [2.75, 3.05) is 18.5 Å². The molecule has 4 nitrogen and oxygen atoms in total. The normalized spacial score (nSPS) is 14.5. The van der Waals surface area contributed by atoms with Gasteiger partial charge in [0.1, 0.15) is 5.75 Å². The van der Waals surface area contributed by atoms with E-state index in [1.54, 1.807) is 0 Å². The lowest BCUT2D eigenvalue weighted by Crippen LogP contribution is -2.39. The number of ether oxygens (including phenoxy) is 1. The minimum atomic E-state index is 0.0724. The summed E-state index contributed by atoms with van der Waals surface area (Å²) in [6.45, 7) is 1.01. The third kappa shape index (κ3) is 6.97. The minimum absolute atomic E-state index is 0.0724. The van der Waals surface area contributed by atoms with Gasteiger partial charge in [0, 0.05) is 11.7 Å². The molecule has 1 aliphatic rings. The molecule has 1 aliphatic carbocycles. The van der Waals surface area contributed by atoms with E-state index < -0.39 is 0 Å². The maximum atomic E-state index is 12.0. The molecular weight excluding hydrogens is 336 g/mol. The smallest absolute Gasteiger partial charge is 0.239 e. The van der Waals surface area contributed by atoms with E-state index >= 15 is 0 Å². The molecule has 1 amide bonds. The first kappa shape index (κ1) is 19.3. The van der Waals surface area contributed by atoms with E-state index in [2.05, 4.69) is 34.9 Å². The largest absolute Gasteiger partial charge is 0.494 e. The van der Waals surface area contributed by atoms with Crippen LogP contribution in [-0.4, -0.2) is 25.1 Å². The number of benzene rings is 2. The van der Waals surface area contributed by atoms with Gasteiger partial charge in [-0.1, -0.05) is 49.6 Å². The van der Waals surface area contributed by atoms with Crippen molar-refractivity contribution >= 4 is 11.6 Å². The number of rotatable bonds is 9. The van der Waals surface area contributed by atoms with Gasteiger partial charge in [0.15, 0.2) is 0 Å². The number of nitrogens with one attached hydrogen (secondary N) is 2. The van der Waals surface area contributed by atoms with Crippen LogP contribution in [-0.2, 0) is 11.2 Å². The molecule has 0 saturated heterocycles. The van der Waals surface area contributed by atoms with Crippen molar-refractivity contribution < 1.29 is 9.53 Å². The third-order valence-corrected chi connectivity index (χ3v) is 5.00. The average molecular weight is 367 g/mol. The summed E-state index contributed by atoms with van der Waals surface area (Å²) in [6.07, 6.45) is 7.99. The fraction of sp³-hybridized carbons (Fsp3) is 0.435. The molecule has 0 spiro atoms. The lowest BCUT2D eigenvalue weighted by Gasteiger charge is -2.22. The lowest BCUT2D eigenvalue weighted by molar-refractivity contribution is -0.120. The molecule has 3 rings (SSSR count). The highest BCUT2D eigenvalue weighted by molar-refractivity contribution is 5.81. The van der Waals surface area contributed by atoms with Crippen LogP contribution in [0.3, 0.4) is 0 Å². The summed E-state index contributed by atoms with van der Waals surface area (Å²) < 4.78 is 5.80. The Bertz CT molecular complexity index is 679. The van der Waals surface area contributed by atoms with Crippen molar-refractivity contribution in [3.63, 3.8) is 0 Å². The standard InChI is InChI=1S/C23H30N2O2/c26-23(25-21-11-5-2-6-12-21)18-24-20-13-15-22(16-14-20)27-17-7-10-19-8-3-1-4-9-19/h1,3-4,8-9,13-16,21,24H,2,5-7,10-12,17-18H2,(H,25,26). The maximum absolute atomic E-state index is 12.0. The Labute approximate surface area is 162 Å². The molecule has 0 bridgehead atoms. The maximum Gasteiger partial charge on any atom is 0.239 e. The van der Waals surface area contributed by atoms with Gasteiger partial charge in [0.05, 0.1) is 13.2 Å². The molecule has 27 heavy (non-hydrogen) atoms. The molecule has 0 aromatic heterocycles. The van der Waals surface area contributed by atoms with Crippen LogP contribution in [0.2, 0.25) is 0 Å². The Hall–Kier alpha value is -2.49. The summed E-state index contributed by atoms with van der Waals surface area (Å²) in [4.78, 5) is 12.0. The molecule has 1 fully saturated rings. The fourth-order valence-electron chi connectivity index (χ4n) is 3.49. The second-order valence-electron chi connectivity index (χ2n) is 7.22. The molecule has 2 aromatic carbocycles. The van der Waals surface area contributed by atoms with Crippen LogP contribution >= 0.6 is 0 Å². The average Bonchev–Trinajstić information content (AvgIpc) is 2.72. The summed E-state index contributed by atoms with van der Waals surface area (Å²) in [6, 6.07) is 18.6. The monoisotopic (exact) mass is 366 g/mol. The van der Waals surface area contributed by atoms with Gasteiger partial charge in [-0.05, 0) is 55.5 Å². The Morgan fingerprint density at radius 2 is 1.70 bits per heavy atom. The van der Waals surface area contributed by atoms with E-state index in [9.17, 15) is 4.79 Å². The van der Waals surface area contributed by atoms with Crippen LogP contribution in [0.4, 0.5) is 5.69 Å². The summed E-state index contributed by atoms with van der Waals surface area (Å²) in [5.41, 5.74) is 2.28. The molecule has 1 saturated carbocycles. The second kappa shape index (κ2) is 10.6. The van der Waals surface area contributed by atoms with Crippen LogP contribution in [0, 0.1) is 0 Å². The van der Waals surface area contributed by atoms with E-state index in [4.69, 9.17) is 4.74 Å². The SMILES string of the molecule is O=C(CNc1ccc(OCCCc2ccccc2)cc1)NC1CCCCC1. The summed E-state index contributed by atoms with van der Waals surface area (Å²) in [5.74, 6) is 0.934. The minimum Gasteiger partial charge on any atom is -0.494 e. The third-order valence-electron chi connectivity index (χ3n) is 5.00. The molecule has 0 aliphatic heterocycles. The summed E-state index contributed by atoms with van der Waals surface area (Å²) in [7, 11) is 0. The first-order valence-corrected chi connectivity index (χ1v) is 10.1. The second-order valence-corrected chi connectivity index (χ2v) is 7.22. The fourth-order valence-corrected chi connectivity index (χ4v) is 3.49. The highest BCUT2D eigenvalue weighted by atomic mass is 16.5. The van der Waals surface area contributed by atoms with Gasteiger partial charge in [-0.2, -0.15) is 0 Å². The van der Waals surface area contributed by atoms with Gasteiger partial charge >= 0.3 is 0 Å². The van der Waals surface area contributed by atoms with Gasteiger partial charge in [-0.15, -0.1) is 0 Å². The van der Waals surface area contributed by atoms with Gasteiger partial charge in [-0.3, -0.25) is 4.79 Å². The quantitative estimate of drug-likeness (QED) is 0.640. The van der Waals surface area contributed by atoms with Gasteiger partial charge in [0.25, 0.3) is 0 Å². The first-order valence-electron chi connectivity index (χ1n) is 10.1. The molecule has 0 heterocycles. The van der Waals surface area contributed by atoms with E-state index in [1.165, 1.54) is 24.8 Å². The predicted octanol–water partition coefficient (Wildman–Crippen LogP) is 4.56. The van der Waals surface area contributed by atoms with Gasteiger partial charge in [0.2, 0.25) is 5.91 Å². The van der Waals surface area contributed by atoms with Crippen LogP contribution in [0.1, 0.15) is 44.1 Å². The summed E-state index contributed by atoms with van der Waals surface area (Å²) in [5, 5.41) is 6.30. The van der Waals surface area contributed by atoms with E-state index in [-0.39, 0.29) is 5.91 Å². The van der Waals surface area contributed by atoms with E-state index in [0.29, 0.717) is 19.2 Å². The molecule has 2 aromatic rings. The van der Waals surface area contributed by atoms with Crippen molar-refractivity contribution in [2.45, 2.75) is 51.0 Å². The molecule has 0 atom stereocenters. The van der Waals surface area contributed by atoms with Crippen molar-refractivity contribution in [3.8, 4) is 5.75 Å². The molecule has 144 valence electrons. The number of hydrogen-bond donors (Lipinski definition) is 2. The number of hydrogen-bond acceptors (Lipinski definition) is 3. The molecule has 4 heteroatoms. The Morgan fingerprint density at radius 1 is 0.963 bits per heavy atom. The summed E-state index contributed by atoms with van der Waals surface area (Å²) >= 11 is 0. The van der Waals surface area contributed by atoms with Crippen molar-refractivity contribution in [2.24, 2.45) is 0 Å². The zero-order valence-corrected chi connectivity index (χ0v) is 16.0. The Kier molecular flexibility index (Phi) is 7.57. The number of aryl methyl sites for hydroxylation is 1. The van der Waals surface area contributed by atoms with E-state index in [0.717, 1.165) is 37.1 Å². The number of anilines is 1. The molecular formula is C23H30N2O2. The first-order chi connectivity index (χ1) is 13.3. The number of carbonyl (C=O) groups is 1. The van der Waals surface area contributed by atoms with Crippen LogP contribution in [0.5, 0.6) is 5.75 Å². The predicted molar refractivity (Wildman–Crippen MR) is 110 cm³/mol. The topological polar surface area (TPSA) is 50.4 Å². The van der Waals surface area contributed by atoms with Gasteiger partial charge < -0.3 is 15.4 Å². The van der Waals surface area contributed by atoms with Crippen molar-refractivity contribution in [1.29, 1.82) is 0 Å². The van der Waals surface area contributed by atoms with E-state index in [1.807, 2.05) is 30.3 Å². The highest BCUT2D eigenvalue weighted by Crippen LogP contribution is 2.18. The molecule has 0 unspecified atom stereocenters. The Balaban J connectivity index is 1.32. The van der Waals surface area contributed by atoms with Crippen LogP contribution in [0.15, 0.2) is 54.6 Å². The zero-order chi connectivity index (χ0) is 18.7. The number of amides is 1. The van der Waals surface area contributed by atoms with Gasteiger partial charge in [-0.25, -0.2) is 0 Å². The van der Waals surface area contributed by atoms with Crippen molar-refractivity contribution in [3.05, 3.63) is 60.2 Å². The lowest BCUT2D eigenvalue weighted by atomic mass is 9.95. The van der Waals surface area contributed by atoms with Crippen LogP contribution in [0.25, 0.3) is 0 Å². The Morgan fingerprint density at radius 3 is 2.44 bits per heavy atom. The highest BCUT2D eigenvalue weighted by Gasteiger charge is 2.15. The number of carbonyl (C=O) groups excluding carboxylic acids is 1. The van der Waals surface area contributed by atoms with Crippen molar-refractivity contribution in [1.82, 2.24) is 5.32 Å². The van der Waals surface area contributed by atoms with Crippen LogP contribution < -0.4 is 15.4 Å².